The van der Waals surface area contributed by atoms with Crippen molar-refractivity contribution >= 4 is 0 Å². The van der Waals surface area contributed by atoms with Crippen LogP contribution in [0, 0.1) is 0 Å². The Morgan fingerprint density at radius 2 is 2.11 bits per heavy atom. The summed E-state index contributed by atoms with van der Waals surface area (Å²) in [6, 6.07) is 3.84. The molecule has 1 rings (SSSR count). The minimum absolute atomic E-state index is 0.0931. The Bertz CT molecular complexity index is 303. The predicted octanol–water partition coefficient (Wildman–Crippen LogP) is 2.59. The first-order chi connectivity index (χ1) is 8.47. The molecule has 0 aliphatic heterocycles. The molecule has 0 fully saturated rings. The van der Waals surface area contributed by atoms with Crippen LogP contribution < -0.4 is 5.32 Å². The van der Waals surface area contributed by atoms with Crippen molar-refractivity contribution in [2.24, 2.45) is 0 Å². The Balaban J connectivity index is 1.99. The van der Waals surface area contributed by atoms with Gasteiger partial charge in [-0.2, -0.15) is 0 Å². The SMILES string of the molecule is CC(CNCc1ccco1)OCCOC(C)(C)C. The molecule has 0 saturated heterocycles. The van der Waals surface area contributed by atoms with Crippen LogP contribution in [0.5, 0.6) is 0 Å². The highest BCUT2D eigenvalue weighted by molar-refractivity contribution is 4.97. The van der Waals surface area contributed by atoms with Crippen LogP contribution in [0.25, 0.3) is 0 Å². The van der Waals surface area contributed by atoms with Crippen molar-refractivity contribution in [3.63, 3.8) is 0 Å². The molecule has 0 aliphatic carbocycles. The molecule has 104 valence electrons. The molecule has 1 N–H and O–H groups in total. The van der Waals surface area contributed by atoms with Gasteiger partial charge in [0.1, 0.15) is 5.76 Å². The number of ether oxygens (including phenoxy) is 2. The summed E-state index contributed by atoms with van der Waals surface area (Å²) in [4.78, 5) is 0. The fraction of sp³-hybridized carbons (Fsp3) is 0.714. The molecule has 0 spiro atoms. The number of hydrogen-bond donors (Lipinski definition) is 1. The average molecular weight is 255 g/mol. The summed E-state index contributed by atoms with van der Waals surface area (Å²) in [6.07, 6.45) is 1.85. The molecule has 18 heavy (non-hydrogen) atoms. The third kappa shape index (κ3) is 7.48. The number of rotatable bonds is 8. The maximum absolute atomic E-state index is 5.64. The van der Waals surface area contributed by atoms with Gasteiger partial charge in [0.15, 0.2) is 0 Å². The fourth-order valence-corrected chi connectivity index (χ4v) is 1.47. The van der Waals surface area contributed by atoms with Crippen LogP contribution in [-0.2, 0) is 16.0 Å². The number of hydrogen-bond acceptors (Lipinski definition) is 4. The lowest BCUT2D eigenvalue weighted by Crippen LogP contribution is -2.28. The number of nitrogens with one attached hydrogen (secondary N) is 1. The van der Waals surface area contributed by atoms with Gasteiger partial charge in [0.25, 0.3) is 0 Å². The largest absolute Gasteiger partial charge is 0.468 e. The fourth-order valence-electron chi connectivity index (χ4n) is 1.47. The molecule has 4 nitrogen and oxygen atoms in total. The summed E-state index contributed by atoms with van der Waals surface area (Å²) in [6.45, 7) is 11.0. The Morgan fingerprint density at radius 3 is 2.72 bits per heavy atom. The van der Waals surface area contributed by atoms with Gasteiger partial charge in [-0.15, -0.1) is 0 Å². The molecule has 0 aliphatic rings. The summed E-state index contributed by atoms with van der Waals surface area (Å²) in [5.74, 6) is 0.943. The first-order valence-corrected chi connectivity index (χ1v) is 6.46. The molecule has 0 radical (unpaired) electrons. The highest BCUT2D eigenvalue weighted by Gasteiger charge is 2.09. The Morgan fingerprint density at radius 1 is 1.33 bits per heavy atom. The van der Waals surface area contributed by atoms with Gasteiger partial charge in [-0.25, -0.2) is 0 Å². The highest BCUT2D eigenvalue weighted by Crippen LogP contribution is 2.06. The van der Waals surface area contributed by atoms with E-state index in [-0.39, 0.29) is 11.7 Å². The quantitative estimate of drug-likeness (QED) is 0.725. The van der Waals surface area contributed by atoms with E-state index in [4.69, 9.17) is 13.9 Å². The normalized spacial score (nSPS) is 13.8. The van der Waals surface area contributed by atoms with E-state index in [1.54, 1.807) is 6.26 Å². The molecule has 0 amide bonds. The summed E-state index contributed by atoms with van der Waals surface area (Å²) >= 11 is 0. The molecule has 1 heterocycles. The zero-order chi connectivity index (χ0) is 13.4. The van der Waals surface area contributed by atoms with E-state index in [2.05, 4.69) is 5.32 Å². The summed E-state index contributed by atoms with van der Waals surface area (Å²) < 4.78 is 16.4. The van der Waals surface area contributed by atoms with Crippen molar-refractivity contribution in [2.75, 3.05) is 19.8 Å². The molecular formula is C14H25NO3. The molecule has 4 heteroatoms. The second-order valence-electron chi connectivity index (χ2n) is 5.35. The smallest absolute Gasteiger partial charge is 0.117 e. The van der Waals surface area contributed by atoms with Crippen molar-refractivity contribution in [1.82, 2.24) is 5.32 Å². The molecule has 1 aromatic heterocycles. The maximum Gasteiger partial charge on any atom is 0.117 e. The van der Waals surface area contributed by atoms with E-state index in [1.165, 1.54) is 0 Å². The first-order valence-electron chi connectivity index (χ1n) is 6.46. The molecule has 0 saturated carbocycles. The standard InChI is InChI=1S/C14H25NO3/c1-12(16-8-9-18-14(2,3)4)10-15-11-13-6-5-7-17-13/h5-7,12,15H,8-11H2,1-4H3. The van der Waals surface area contributed by atoms with Crippen molar-refractivity contribution < 1.29 is 13.9 Å². The van der Waals surface area contributed by atoms with Gasteiger partial charge < -0.3 is 19.2 Å². The lowest BCUT2D eigenvalue weighted by molar-refractivity contribution is -0.0480. The summed E-state index contributed by atoms with van der Waals surface area (Å²) in [5, 5.41) is 3.29. The summed E-state index contributed by atoms with van der Waals surface area (Å²) in [5.41, 5.74) is -0.0931. The van der Waals surface area contributed by atoms with Gasteiger partial charge in [0.05, 0.1) is 37.7 Å². The van der Waals surface area contributed by atoms with E-state index in [1.807, 2.05) is 39.8 Å². The van der Waals surface area contributed by atoms with Gasteiger partial charge in [-0.1, -0.05) is 0 Å². The van der Waals surface area contributed by atoms with Crippen LogP contribution in [0.3, 0.4) is 0 Å². The molecule has 0 aromatic carbocycles. The lowest BCUT2D eigenvalue weighted by Gasteiger charge is -2.20. The molecule has 1 atom stereocenters. The predicted molar refractivity (Wildman–Crippen MR) is 71.5 cm³/mol. The third-order valence-electron chi connectivity index (χ3n) is 2.33. The highest BCUT2D eigenvalue weighted by atomic mass is 16.5. The molecular weight excluding hydrogens is 230 g/mol. The molecule has 0 bridgehead atoms. The first kappa shape index (κ1) is 15.2. The van der Waals surface area contributed by atoms with E-state index >= 15 is 0 Å². The van der Waals surface area contributed by atoms with E-state index in [0.29, 0.717) is 13.2 Å². The van der Waals surface area contributed by atoms with Crippen molar-refractivity contribution in [1.29, 1.82) is 0 Å². The number of furan rings is 1. The van der Waals surface area contributed by atoms with E-state index in [0.717, 1.165) is 18.8 Å². The van der Waals surface area contributed by atoms with E-state index in [9.17, 15) is 0 Å². The Kier molecular flexibility index (Phi) is 6.39. The Labute approximate surface area is 110 Å². The average Bonchev–Trinajstić information content (AvgIpc) is 2.76. The zero-order valence-electron chi connectivity index (χ0n) is 11.9. The lowest BCUT2D eigenvalue weighted by atomic mass is 10.2. The zero-order valence-corrected chi connectivity index (χ0v) is 11.9. The van der Waals surface area contributed by atoms with Crippen LogP contribution in [0.2, 0.25) is 0 Å². The van der Waals surface area contributed by atoms with Crippen LogP contribution in [-0.4, -0.2) is 31.5 Å². The molecule has 1 aromatic rings. The van der Waals surface area contributed by atoms with E-state index < -0.39 is 0 Å². The monoisotopic (exact) mass is 255 g/mol. The second kappa shape index (κ2) is 7.56. The molecule has 1 unspecified atom stereocenters. The van der Waals surface area contributed by atoms with Gasteiger partial charge in [0, 0.05) is 6.54 Å². The van der Waals surface area contributed by atoms with Crippen molar-refractivity contribution in [3.8, 4) is 0 Å². The second-order valence-corrected chi connectivity index (χ2v) is 5.35. The summed E-state index contributed by atoms with van der Waals surface area (Å²) in [7, 11) is 0. The maximum atomic E-state index is 5.64. The minimum Gasteiger partial charge on any atom is -0.468 e. The third-order valence-corrected chi connectivity index (χ3v) is 2.33. The van der Waals surface area contributed by atoms with Crippen molar-refractivity contribution in [3.05, 3.63) is 24.2 Å². The van der Waals surface area contributed by atoms with Gasteiger partial charge in [-0.3, -0.25) is 0 Å². The topological polar surface area (TPSA) is 43.6 Å². The van der Waals surface area contributed by atoms with Crippen LogP contribution in [0.1, 0.15) is 33.5 Å². The van der Waals surface area contributed by atoms with Gasteiger partial charge in [-0.05, 0) is 39.8 Å². The van der Waals surface area contributed by atoms with Gasteiger partial charge >= 0.3 is 0 Å². The Hall–Kier alpha value is -0.840. The van der Waals surface area contributed by atoms with Crippen LogP contribution >= 0.6 is 0 Å². The van der Waals surface area contributed by atoms with Gasteiger partial charge in [0.2, 0.25) is 0 Å². The van der Waals surface area contributed by atoms with Crippen LogP contribution in [0.4, 0.5) is 0 Å². The van der Waals surface area contributed by atoms with Crippen LogP contribution in [0.15, 0.2) is 22.8 Å². The minimum atomic E-state index is -0.0931. The van der Waals surface area contributed by atoms with Crippen molar-refractivity contribution in [2.45, 2.75) is 45.9 Å².